The number of benzene rings is 3. The van der Waals surface area contributed by atoms with Gasteiger partial charge in [0.05, 0.1) is 0 Å². The van der Waals surface area contributed by atoms with Gasteiger partial charge in [0.15, 0.2) is 6.29 Å². The summed E-state index contributed by atoms with van der Waals surface area (Å²) in [6, 6.07) is 22.1. The number of hydrogen-bond acceptors (Lipinski definition) is 1. The maximum Gasteiger partial charge on any atom is 0.150 e. The Kier molecular flexibility index (Phi) is 3.42. The molecule has 96 valence electrons. The number of aldehydes is 1. The maximum absolute atomic E-state index is 11.2. The zero-order valence-corrected chi connectivity index (χ0v) is 11.0. The molecule has 0 amide bonds. The van der Waals surface area contributed by atoms with Crippen LogP contribution in [-0.2, 0) is 0 Å². The van der Waals surface area contributed by atoms with Crippen molar-refractivity contribution in [2.45, 2.75) is 0 Å². The predicted molar refractivity (Wildman–Crippen MR) is 84.7 cm³/mol. The summed E-state index contributed by atoms with van der Waals surface area (Å²) >= 11 is 0. The van der Waals surface area contributed by atoms with Gasteiger partial charge in [0.2, 0.25) is 0 Å². The molecule has 3 aromatic carbocycles. The molecule has 1 nitrogen and oxygen atoms in total. The summed E-state index contributed by atoms with van der Waals surface area (Å²) in [6.07, 6.45) is 4.97. The summed E-state index contributed by atoms with van der Waals surface area (Å²) in [4.78, 5) is 11.2. The molecule has 3 rings (SSSR count). The average molecular weight is 258 g/mol. The fraction of sp³-hybridized carbons (Fsp3) is 0. The van der Waals surface area contributed by atoms with Crippen LogP contribution in [0.3, 0.4) is 0 Å². The van der Waals surface area contributed by atoms with E-state index in [2.05, 4.69) is 6.07 Å². The van der Waals surface area contributed by atoms with Crippen LogP contribution in [0.5, 0.6) is 0 Å². The normalized spacial score (nSPS) is 11.0. The van der Waals surface area contributed by atoms with Gasteiger partial charge in [0.1, 0.15) is 0 Å². The van der Waals surface area contributed by atoms with Crippen LogP contribution >= 0.6 is 0 Å². The van der Waals surface area contributed by atoms with Gasteiger partial charge in [-0.15, -0.1) is 0 Å². The Morgan fingerprint density at radius 2 is 1.45 bits per heavy atom. The molecule has 0 fully saturated rings. The average Bonchev–Trinajstić information content (AvgIpc) is 2.53. The third kappa shape index (κ3) is 2.39. The van der Waals surface area contributed by atoms with Gasteiger partial charge < -0.3 is 0 Å². The van der Waals surface area contributed by atoms with Crippen molar-refractivity contribution in [2.75, 3.05) is 0 Å². The van der Waals surface area contributed by atoms with Crippen LogP contribution in [0.1, 0.15) is 21.5 Å². The molecule has 20 heavy (non-hydrogen) atoms. The van der Waals surface area contributed by atoms with Gasteiger partial charge in [-0.2, -0.15) is 0 Å². The standard InChI is InChI=1S/C19H14O/c20-14-17-12-11-16-8-4-5-9-18(16)19(17)13-10-15-6-2-1-3-7-15/h1-14H/b13-10-. The number of carbonyl (C=O) groups is 1. The molecule has 0 bridgehead atoms. The zero-order chi connectivity index (χ0) is 13.8. The first-order valence-corrected chi connectivity index (χ1v) is 6.58. The number of fused-ring (bicyclic) bond motifs is 1. The van der Waals surface area contributed by atoms with Crippen molar-refractivity contribution in [3.8, 4) is 0 Å². The molecule has 3 aromatic rings. The molecule has 0 unspecified atom stereocenters. The highest BCUT2D eigenvalue weighted by atomic mass is 16.1. The Balaban J connectivity index is 2.14. The maximum atomic E-state index is 11.2. The highest BCUT2D eigenvalue weighted by molar-refractivity contribution is 5.99. The van der Waals surface area contributed by atoms with Crippen LogP contribution in [0.25, 0.3) is 22.9 Å². The fourth-order valence-corrected chi connectivity index (χ4v) is 2.34. The van der Waals surface area contributed by atoms with E-state index in [4.69, 9.17) is 0 Å². The number of rotatable bonds is 3. The molecule has 0 aromatic heterocycles. The minimum Gasteiger partial charge on any atom is -0.298 e. The largest absolute Gasteiger partial charge is 0.298 e. The quantitative estimate of drug-likeness (QED) is 0.486. The molecule has 0 atom stereocenters. The first-order valence-electron chi connectivity index (χ1n) is 6.58. The molecule has 0 aliphatic heterocycles. The Morgan fingerprint density at radius 1 is 0.700 bits per heavy atom. The topological polar surface area (TPSA) is 17.1 Å². The molecular formula is C19H14O. The van der Waals surface area contributed by atoms with Crippen LogP contribution in [-0.4, -0.2) is 6.29 Å². The van der Waals surface area contributed by atoms with Gasteiger partial charge in [-0.25, -0.2) is 0 Å². The van der Waals surface area contributed by atoms with Crippen molar-refractivity contribution < 1.29 is 4.79 Å². The first kappa shape index (κ1) is 12.4. The van der Waals surface area contributed by atoms with Gasteiger partial charge >= 0.3 is 0 Å². The minimum atomic E-state index is 0.718. The molecule has 0 N–H and O–H groups in total. The van der Waals surface area contributed by atoms with Crippen LogP contribution < -0.4 is 0 Å². The van der Waals surface area contributed by atoms with Gasteiger partial charge in [0, 0.05) is 5.56 Å². The van der Waals surface area contributed by atoms with Crippen LogP contribution in [0.15, 0.2) is 66.7 Å². The molecule has 0 saturated carbocycles. The Labute approximate surface area is 118 Å². The zero-order valence-electron chi connectivity index (χ0n) is 11.0. The minimum absolute atomic E-state index is 0.718. The van der Waals surface area contributed by atoms with Crippen molar-refractivity contribution in [1.82, 2.24) is 0 Å². The van der Waals surface area contributed by atoms with E-state index in [1.165, 1.54) is 0 Å². The molecule has 0 aliphatic rings. The van der Waals surface area contributed by atoms with E-state index in [1.807, 2.05) is 72.8 Å². The lowest BCUT2D eigenvalue weighted by Crippen LogP contribution is -1.88. The molecule has 0 saturated heterocycles. The van der Waals surface area contributed by atoms with Gasteiger partial charge in [-0.05, 0) is 21.9 Å². The van der Waals surface area contributed by atoms with E-state index in [1.54, 1.807) is 0 Å². The monoisotopic (exact) mass is 258 g/mol. The van der Waals surface area contributed by atoms with Crippen molar-refractivity contribution in [3.05, 3.63) is 83.4 Å². The second-order valence-electron chi connectivity index (χ2n) is 4.65. The van der Waals surface area contributed by atoms with Crippen molar-refractivity contribution >= 4 is 29.2 Å². The molecule has 0 heterocycles. The molecule has 0 spiro atoms. The van der Waals surface area contributed by atoms with E-state index in [0.717, 1.165) is 33.7 Å². The highest BCUT2D eigenvalue weighted by Crippen LogP contribution is 2.23. The molecule has 0 radical (unpaired) electrons. The summed E-state index contributed by atoms with van der Waals surface area (Å²) in [5.74, 6) is 0. The molecule has 1 heteroatoms. The second-order valence-corrected chi connectivity index (χ2v) is 4.65. The van der Waals surface area contributed by atoms with Gasteiger partial charge in [0.25, 0.3) is 0 Å². The summed E-state index contributed by atoms with van der Waals surface area (Å²) in [5.41, 5.74) is 2.81. The van der Waals surface area contributed by atoms with E-state index in [-0.39, 0.29) is 0 Å². The van der Waals surface area contributed by atoms with E-state index < -0.39 is 0 Å². The summed E-state index contributed by atoms with van der Waals surface area (Å²) in [6.45, 7) is 0. The van der Waals surface area contributed by atoms with Crippen LogP contribution in [0.4, 0.5) is 0 Å². The van der Waals surface area contributed by atoms with E-state index in [0.29, 0.717) is 0 Å². The Bertz CT molecular complexity index is 770. The summed E-state index contributed by atoms with van der Waals surface area (Å²) < 4.78 is 0. The third-order valence-electron chi connectivity index (χ3n) is 3.37. The third-order valence-corrected chi connectivity index (χ3v) is 3.37. The van der Waals surface area contributed by atoms with Gasteiger partial charge in [-0.1, -0.05) is 78.9 Å². The number of hydrogen-bond donors (Lipinski definition) is 0. The van der Waals surface area contributed by atoms with E-state index >= 15 is 0 Å². The second kappa shape index (κ2) is 5.54. The van der Waals surface area contributed by atoms with E-state index in [9.17, 15) is 4.79 Å². The smallest absolute Gasteiger partial charge is 0.150 e. The highest BCUT2D eigenvalue weighted by Gasteiger charge is 2.03. The molecular weight excluding hydrogens is 244 g/mol. The summed E-state index contributed by atoms with van der Waals surface area (Å²) in [5, 5.41) is 2.25. The lowest BCUT2D eigenvalue weighted by Gasteiger charge is -2.05. The SMILES string of the molecule is O=Cc1ccc2ccccc2c1/C=C\c1ccccc1. The number of carbonyl (C=O) groups excluding carboxylic acids is 1. The fourth-order valence-electron chi connectivity index (χ4n) is 2.34. The summed E-state index contributed by atoms with van der Waals surface area (Å²) in [7, 11) is 0. The van der Waals surface area contributed by atoms with Crippen LogP contribution in [0, 0.1) is 0 Å². The Morgan fingerprint density at radius 3 is 2.25 bits per heavy atom. The molecule has 0 aliphatic carbocycles. The van der Waals surface area contributed by atoms with Crippen molar-refractivity contribution in [1.29, 1.82) is 0 Å². The van der Waals surface area contributed by atoms with Crippen molar-refractivity contribution in [3.63, 3.8) is 0 Å². The Hall–Kier alpha value is -2.67. The first-order chi connectivity index (χ1) is 9.88. The lowest BCUT2D eigenvalue weighted by atomic mass is 9.98. The lowest BCUT2D eigenvalue weighted by molar-refractivity contribution is 0.112. The van der Waals surface area contributed by atoms with Crippen LogP contribution in [0.2, 0.25) is 0 Å². The predicted octanol–water partition coefficient (Wildman–Crippen LogP) is 4.82. The van der Waals surface area contributed by atoms with Gasteiger partial charge in [-0.3, -0.25) is 4.79 Å². The van der Waals surface area contributed by atoms with Crippen molar-refractivity contribution in [2.24, 2.45) is 0 Å².